The molecule has 0 bridgehead atoms. The maximum atomic E-state index is 13.1. The highest BCUT2D eigenvalue weighted by Crippen LogP contribution is 2.27. The first kappa shape index (κ1) is 16.7. The molecule has 0 unspecified atom stereocenters. The monoisotopic (exact) mass is 356 g/mol. The van der Waals surface area contributed by atoms with Crippen LogP contribution in [0.1, 0.15) is 20.7 Å². The Morgan fingerprint density at radius 2 is 1.07 bits per heavy atom. The number of carbonyl (C=O) groups is 3. The van der Waals surface area contributed by atoms with E-state index in [1.165, 1.54) is 4.90 Å². The van der Waals surface area contributed by atoms with Gasteiger partial charge in [0.25, 0.3) is 17.7 Å². The molecule has 0 aliphatic carbocycles. The molecule has 0 aromatic heterocycles. The zero-order chi connectivity index (χ0) is 18.8. The van der Waals surface area contributed by atoms with E-state index in [1.807, 2.05) is 60.7 Å². The Morgan fingerprint density at radius 1 is 0.667 bits per heavy atom. The summed E-state index contributed by atoms with van der Waals surface area (Å²) in [4.78, 5) is 40.8. The second kappa shape index (κ2) is 6.88. The first-order valence-corrected chi connectivity index (χ1v) is 8.55. The summed E-state index contributed by atoms with van der Waals surface area (Å²) in [5.41, 5.74) is 2.01. The van der Waals surface area contributed by atoms with E-state index in [2.05, 4.69) is 0 Å². The molecule has 4 rings (SSSR count). The summed E-state index contributed by atoms with van der Waals surface area (Å²) >= 11 is 0. The first-order valence-electron chi connectivity index (χ1n) is 8.55. The Kier molecular flexibility index (Phi) is 4.26. The van der Waals surface area contributed by atoms with E-state index in [0.29, 0.717) is 22.5 Å². The minimum atomic E-state index is -0.440. The fourth-order valence-corrected chi connectivity index (χ4v) is 3.18. The molecule has 1 aliphatic rings. The largest absolute Gasteiger partial charge is 0.280 e. The van der Waals surface area contributed by atoms with Crippen molar-refractivity contribution in [2.75, 3.05) is 11.4 Å². The third kappa shape index (κ3) is 3.00. The molecule has 0 N–H and O–H groups in total. The van der Waals surface area contributed by atoms with Crippen molar-refractivity contribution in [2.45, 2.75) is 0 Å². The number of hydrogen-bond donors (Lipinski definition) is 0. The summed E-state index contributed by atoms with van der Waals surface area (Å²) < 4.78 is 0. The van der Waals surface area contributed by atoms with Gasteiger partial charge in [0.2, 0.25) is 0 Å². The zero-order valence-electron chi connectivity index (χ0n) is 14.4. The Morgan fingerprint density at radius 3 is 1.52 bits per heavy atom. The number of hydrogen-bond acceptors (Lipinski definition) is 3. The number of carbonyl (C=O) groups excluding carboxylic acids is 3. The van der Waals surface area contributed by atoms with Crippen LogP contribution in [0, 0.1) is 0 Å². The molecule has 132 valence electrons. The van der Waals surface area contributed by atoms with Crippen LogP contribution in [0.5, 0.6) is 0 Å². The minimum absolute atomic E-state index is 0.323. The molecular weight excluding hydrogens is 340 g/mol. The third-order valence-corrected chi connectivity index (χ3v) is 4.45. The van der Waals surface area contributed by atoms with Crippen LogP contribution >= 0.6 is 0 Å². The van der Waals surface area contributed by atoms with Crippen molar-refractivity contribution in [1.29, 1.82) is 0 Å². The maximum Gasteiger partial charge on any atom is 0.262 e. The lowest BCUT2D eigenvalue weighted by Crippen LogP contribution is -2.41. The molecule has 0 fully saturated rings. The second-order valence-electron chi connectivity index (χ2n) is 6.14. The summed E-state index contributed by atoms with van der Waals surface area (Å²) in [7, 11) is 0. The van der Waals surface area contributed by atoms with Crippen LogP contribution in [0.15, 0.2) is 84.9 Å². The number of nitrogens with zero attached hydrogens (tertiary/aromatic N) is 2. The summed E-state index contributed by atoms with van der Waals surface area (Å²) in [5.74, 6) is -1.24. The van der Waals surface area contributed by atoms with Crippen LogP contribution in [0.3, 0.4) is 0 Å². The Bertz CT molecular complexity index is 941. The lowest BCUT2D eigenvalue weighted by Gasteiger charge is -2.25. The van der Waals surface area contributed by atoms with Crippen molar-refractivity contribution >= 4 is 29.1 Å². The molecule has 1 heterocycles. The van der Waals surface area contributed by atoms with Gasteiger partial charge in [0.05, 0.1) is 11.1 Å². The predicted octanol–water partition coefficient (Wildman–Crippen LogP) is 3.65. The van der Waals surface area contributed by atoms with Gasteiger partial charge in [-0.3, -0.25) is 24.2 Å². The van der Waals surface area contributed by atoms with Crippen LogP contribution in [-0.2, 0) is 4.79 Å². The van der Waals surface area contributed by atoms with Gasteiger partial charge in [-0.1, -0.05) is 48.5 Å². The van der Waals surface area contributed by atoms with Gasteiger partial charge < -0.3 is 0 Å². The normalized spacial score (nSPS) is 12.8. The van der Waals surface area contributed by atoms with Crippen LogP contribution in [-0.4, -0.2) is 29.2 Å². The molecule has 0 spiro atoms. The zero-order valence-corrected chi connectivity index (χ0v) is 14.4. The van der Waals surface area contributed by atoms with E-state index < -0.39 is 11.8 Å². The van der Waals surface area contributed by atoms with Gasteiger partial charge in [0.15, 0.2) is 0 Å². The van der Waals surface area contributed by atoms with E-state index >= 15 is 0 Å². The van der Waals surface area contributed by atoms with Gasteiger partial charge in [-0.2, -0.15) is 0 Å². The molecule has 27 heavy (non-hydrogen) atoms. The van der Waals surface area contributed by atoms with E-state index in [4.69, 9.17) is 0 Å². The van der Waals surface area contributed by atoms with Gasteiger partial charge in [-0.25, -0.2) is 0 Å². The molecule has 3 aromatic carbocycles. The highest BCUT2D eigenvalue weighted by Gasteiger charge is 2.37. The number of anilines is 2. The fourth-order valence-electron chi connectivity index (χ4n) is 3.18. The highest BCUT2D eigenvalue weighted by atomic mass is 16.2. The molecule has 5 heteroatoms. The predicted molar refractivity (Wildman–Crippen MR) is 102 cm³/mol. The van der Waals surface area contributed by atoms with Gasteiger partial charge >= 0.3 is 0 Å². The molecule has 0 saturated heterocycles. The van der Waals surface area contributed by atoms with E-state index in [9.17, 15) is 14.4 Å². The molecule has 0 atom stereocenters. The maximum absolute atomic E-state index is 13.1. The number of imide groups is 1. The summed E-state index contributed by atoms with van der Waals surface area (Å²) in [6, 6.07) is 24.9. The Hall–Kier alpha value is -3.73. The summed E-state index contributed by atoms with van der Waals surface area (Å²) in [6.07, 6.45) is 0. The van der Waals surface area contributed by atoms with Crippen molar-refractivity contribution in [1.82, 2.24) is 4.90 Å². The number of amides is 3. The summed E-state index contributed by atoms with van der Waals surface area (Å²) in [5, 5.41) is 0. The van der Waals surface area contributed by atoms with Crippen molar-refractivity contribution in [3.8, 4) is 0 Å². The lowest BCUT2D eigenvalue weighted by atomic mass is 10.1. The number of para-hydroxylation sites is 2. The molecule has 0 saturated carbocycles. The quantitative estimate of drug-likeness (QED) is 0.671. The second-order valence-corrected chi connectivity index (χ2v) is 6.14. The molecule has 3 amide bonds. The number of rotatable bonds is 4. The van der Waals surface area contributed by atoms with Crippen molar-refractivity contribution in [3.05, 3.63) is 96.1 Å². The minimum Gasteiger partial charge on any atom is -0.280 e. The Balaban J connectivity index is 1.66. The SMILES string of the molecule is O=C1c2ccccc2C(=O)N1CC(=O)N(c1ccccc1)c1ccccc1. The first-order chi connectivity index (χ1) is 13.2. The van der Waals surface area contributed by atoms with Crippen LogP contribution < -0.4 is 4.90 Å². The van der Waals surface area contributed by atoms with Crippen molar-refractivity contribution in [3.63, 3.8) is 0 Å². The average molecular weight is 356 g/mol. The third-order valence-electron chi connectivity index (χ3n) is 4.45. The van der Waals surface area contributed by atoms with Gasteiger partial charge in [0.1, 0.15) is 6.54 Å². The molecule has 5 nitrogen and oxygen atoms in total. The van der Waals surface area contributed by atoms with Crippen LogP contribution in [0.2, 0.25) is 0 Å². The summed E-state index contributed by atoms with van der Waals surface area (Å²) in [6.45, 7) is -0.323. The lowest BCUT2D eigenvalue weighted by molar-refractivity contribution is -0.118. The Labute approximate surface area is 156 Å². The van der Waals surface area contributed by atoms with Crippen LogP contribution in [0.4, 0.5) is 11.4 Å². The smallest absolute Gasteiger partial charge is 0.262 e. The van der Waals surface area contributed by atoms with E-state index in [-0.39, 0.29) is 12.5 Å². The topological polar surface area (TPSA) is 57.7 Å². The molecule has 0 radical (unpaired) electrons. The van der Waals surface area contributed by atoms with Gasteiger partial charge in [0, 0.05) is 11.4 Å². The highest BCUT2D eigenvalue weighted by molar-refractivity contribution is 6.23. The average Bonchev–Trinajstić information content (AvgIpc) is 2.95. The molecule has 3 aromatic rings. The molecular formula is C22H16N2O3. The number of benzene rings is 3. The van der Waals surface area contributed by atoms with Crippen LogP contribution in [0.25, 0.3) is 0 Å². The van der Waals surface area contributed by atoms with E-state index in [1.54, 1.807) is 24.3 Å². The molecule has 1 aliphatic heterocycles. The van der Waals surface area contributed by atoms with Gasteiger partial charge in [-0.15, -0.1) is 0 Å². The van der Waals surface area contributed by atoms with Gasteiger partial charge in [-0.05, 0) is 36.4 Å². The van der Waals surface area contributed by atoms with Crippen molar-refractivity contribution in [2.24, 2.45) is 0 Å². The standard InChI is InChI=1S/C22H16N2O3/c25-20(15-23-21(26)18-13-7-8-14-19(18)22(23)27)24(16-9-3-1-4-10-16)17-11-5-2-6-12-17/h1-14H,15H2. The van der Waals surface area contributed by atoms with E-state index in [0.717, 1.165) is 4.90 Å². The van der Waals surface area contributed by atoms with Crippen molar-refractivity contribution < 1.29 is 14.4 Å². The number of fused-ring (bicyclic) bond motifs is 1. The fraction of sp³-hybridized carbons (Fsp3) is 0.0455.